The Morgan fingerprint density at radius 2 is 1.63 bits per heavy atom. The summed E-state index contributed by atoms with van der Waals surface area (Å²) in [7, 11) is 0. The number of carbonyl (C=O) groups is 1. The van der Waals surface area contributed by atoms with Crippen LogP contribution in [0.4, 0.5) is 4.79 Å². The quantitative estimate of drug-likeness (QED) is 0.534. The van der Waals surface area contributed by atoms with E-state index in [0.29, 0.717) is 28.8 Å². The second-order valence-corrected chi connectivity index (χ2v) is 7.33. The van der Waals surface area contributed by atoms with Crippen LogP contribution in [-0.2, 0) is 5.54 Å². The van der Waals surface area contributed by atoms with Crippen LogP contribution in [0.5, 0.6) is 17.2 Å². The average Bonchev–Trinajstić information content (AvgIpc) is 3.17. The molecular weight excluding hydrogens is 404 g/mol. The predicted molar refractivity (Wildman–Crippen MR) is 114 cm³/mol. The molecule has 0 saturated carbocycles. The van der Waals surface area contributed by atoms with Gasteiger partial charge in [-0.2, -0.15) is 0 Å². The van der Waals surface area contributed by atoms with Crippen molar-refractivity contribution in [1.82, 2.24) is 10.6 Å². The molecule has 1 atom stereocenters. The van der Waals surface area contributed by atoms with Crippen LogP contribution in [0.2, 0.25) is 5.02 Å². The summed E-state index contributed by atoms with van der Waals surface area (Å²) in [6.07, 6.45) is 0. The van der Waals surface area contributed by atoms with E-state index in [0.717, 1.165) is 11.1 Å². The monoisotopic (exact) mass is 424 g/mol. The topological polar surface area (TPSA) is 79.8 Å². The van der Waals surface area contributed by atoms with E-state index < -0.39 is 5.54 Å². The fourth-order valence-corrected chi connectivity index (χ4v) is 3.60. The largest absolute Gasteiger partial charge is 0.491 e. The van der Waals surface area contributed by atoms with E-state index in [-0.39, 0.29) is 19.2 Å². The standard InChI is InChI=1S/C23H21ClN2O4/c24-18-6-10-20(11-7-18)30-19-8-4-16(5-9-19)23(15-25-22(28)26-23)17-2-1-3-21(14-17)29-13-12-27/h1-11,14,27H,12-13,15H2,(H2,25,26,28). The van der Waals surface area contributed by atoms with E-state index in [1.807, 2.05) is 48.5 Å². The van der Waals surface area contributed by atoms with Gasteiger partial charge in [0.1, 0.15) is 29.4 Å². The number of ether oxygens (including phenoxy) is 2. The molecule has 3 aromatic rings. The molecule has 1 aliphatic rings. The Labute approximate surface area is 179 Å². The first kappa shape index (κ1) is 20.1. The summed E-state index contributed by atoms with van der Waals surface area (Å²) in [6, 6.07) is 22.0. The zero-order valence-corrected chi connectivity index (χ0v) is 16.9. The van der Waals surface area contributed by atoms with E-state index >= 15 is 0 Å². The fraction of sp³-hybridized carbons (Fsp3) is 0.174. The Bertz CT molecular complexity index is 1020. The predicted octanol–water partition coefficient (Wildman–Crippen LogP) is 4.06. The summed E-state index contributed by atoms with van der Waals surface area (Å²) in [6.45, 7) is 0.535. The van der Waals surface area contributed by atoms with Crippen molar-refractivity contribution >= 4 is 17.6 Å². The van der Waals surface area contributed by atoms with Gasteiger partial charge in [-0.25, -0.2) is 4.79 Å². The molecule has 154 valence electrons. The van der Waals surface area contributed by atoms with Gasteiger partial charge in [-0.1, -0.05) is 35.9 Å². The zero-order valence-electron chi connectivity index (χ0n) is 16.1. The number of aliphatic hydroxyl groups excluding tert-OH is 1. The van der Waals surface area contributed by atoms with Crippen molar-refractivity contribution in [3.05, 3.63) is 88.9 Å². The summed E-state index contributed by atoms with van der Waals surface area (Å²) in [5.41, 5.74) is 1.04. The smallest absolute Gasteiger partial charge is 0.315 e. The Hall–Kier alpha value is -3.22. The Kier molecular flexibility index (Phi) is 5.79. The number of benzene rings is 3. The van der Waals surface area contributed by atoms with Crippen molar-refractivity contribution in [3.8, 4) is 17.2 Å². The molecule has 6 nitrogen and oxygen atoms in total. The second-order valence-electron chi connectivity index (χ2n) is 6.89. The summed E-state index contributed by atoms with van der Waals surface area (Å²) < 4.78 is 11.4. The molecule has 0 radical (unpaired) electrons. The first-order chi connectivity index (χ1) is 14.6. The molecule has 0 aromatic heterocycles. The van der Waals surface area contributed by atoms with Crippen molar-refractivity contribution in [2.24, 2.45) is 0 Å². The van der Waals surface area contributed by atoms with Crippen LogP contribution < -0.4 is 20.1 Å². The lowest BCUT2D eigenvalue weighted by Gasteiger charge is -2.29. The maximum absolute atomic E-state index is 12.1. The third-order valence-corrected chi connectivity index (χ3v) is 5.18. The normalized spacial score (nSPS) is 17.9. The lowest BCUT2D eigenvalue weighted by molar-refractivity contribution is 0.201. The van der Waals surface area contributed by atoms with Crippen LogP contribution in [0, 0.1) is 0 Å². The van der Waals surface area contributed by atoms with Gasteiger partial charge in [0.2, 0.25) is 0 Å². The van der Waals surface area contributed by atoms with Gasteiger partial charge in [0.05, 0.1) is 13.2 Å². The van der Waals surface area contributed by atoms with E-state index in [4.69, 9.17) is 26.2 Å². The van der Waals surface area contributed by atoms with Crippen LogP contribution >= 0.6 is 11.6 Å². The van der Waals surface area contributed by atoms with Gasteiger partial charge in [-0.05, 0) is 59.7 Å². The van der Waals surface area contributed by atoms with Crippen LogP contribution in [0.25, 0.3) is 0 Å². The summed E-state index contributed by atoms with van der Waals surface area (Å²) in [5, 5.41) is 15.6. The molecule has 1 fully saturated rings. The highest BCUT2D eigenvalue weighted by Crippen LogP contribution is 2.35. The Morgan fingerprint density at radius 3 is 2.27 bits per heavy atom. The molecule has 1 aliphatic heterocycles. The number of rotatable bonds is 7. The molecule has 1 saturated heterocycles. The first-order valence-corrected chi connectivity index (χ1v) is 9.91. The van der Waals surface area contributed by atoms with Gasteiger partial charge < -0.3 is 25.2 Å². The van der Waals surface area contributed by atoms with Crippen molar-refractivity contribution in [2.75, 3.05) is 19.8 Å². The summed E-state index contributed by atoms with van der Waals surface area (Å²) in [5.74, 6) is 1.99. The van der Waals surface area contributed by atoms with Gasteiger partial charge >= 0.3 is 6.03 Å². The molecule has 1 heterocycles. The van der Waals surface area contributed by atoms with E-state index in [9.17, 15) is 4.79 Å². The van der Waals surface area contributed by atoms with Crippen LogP contribution in [-0.4, -0.2) is 30.9 Å². The Morgan fingerprint density at radius 1 is 0.933 bits per heavy atom. The number of amides is 2. The van der Waals surface area contributed by atoms with Gasteiger partial charge in [0.25, 0.3) is 0 Å². The maximum atomic E-state index is 12.1. The molecule has 4 rings (SSSR count). The molecule has 3 N–H and O–H groups in total. The van der Waals surface area contributed by atoms with Gasteiger partial charge in [0.15, 0.2) is 0 Å². The molecule has 0 spiro atoms. The van der Waals surface area contributed by atoms with Crippen LogP contribution in [0.1, 0.15) is 11.1 Å². The molecule has 2 amide bonds. The number of carbonyl (C=O) groups excluding carboxylic acids is 1. The molecule has 3 aromatic carbocycles. The molecule has 0 aliphatic carbocycles. The molecule has 1 unspecified atom stereocenters. The minimum atomic E-state index is -0.742. The number of hydrogen-bond acceptors (Lipinski definition) is 4. The number of aliphatic hydroxyl groups is 1. The van der Waals surface area contributed by atoms with Crippen LogP contribution in [0.3, 0.4) is 0 Å². The number of halogens is 1. The van der Waals surface area contributed by atoms with E-state index in [1.54, 1.807) is 24.3 Å². The Balaban J connectivity index is 1.62. The number of urea groups is 1. The van der Waals surface area contributed by atoms with Gasteiger partial charge in [0, 0.05) is 5.02 Å². The number of nitrogens with one attached hydrogen (secondary N) is 2. The molecule has 0 bridgehead atoms. The zero-order chi connectivity index (χ0) is 21.0. The highest BCUT2D eigenvalue weighted by Gasteiger charge is 2.41. The minimum Gasteiger partial charge on any atom is -0.491 e. The van der Waals surface area contributed by atoms with E-state index in [1.165, 1.54) is 0 Å². The minimum absolute atomic E-state index is 0.0667. The summed E-state index contributed by atoms with van der Waals surface area (Å²) >= 11 is 5.92. The van der Waals surface area contributed by atoms with Gasteiger partial charge in [-0.3, -0.25) is 0 Å². The molecular formula is C23H21ClN2O4. The van der Waals surface area contributed by atoms with Crippen molar-refractivity contribution in [3.63, 3.8) is 0 Å². The summed E-state index contributed by atoms with van der Waals surface area (Å²) in [4.78, 5) is 12.1. The third-order valence-electron chi connectivity index (χ3n) is 4.92. The fourth-order valence-electron chi connectivity index (χ4n) is 3.47. The van der Waals surface area contributed by atoms with E-state index in [2.05, 4.69) is 10.6 Å². The van der Waals surface area contributed by atoms with Crippen molar-refractivity contribution in [2.45, 2.75) is 5.54 Å². The van der Waals surface area contributed by atoms with Crippen molar-refractivity contribution < 1.29 is 19.4 Å². The first-order valence-electron chi connectivity index (χ1n) is 9.53. The molecule has 7 heteroatoms. The van der Waals surface area contributed by atoms with Crippen molar-refractivity contribution in [1.29, 1.82) is 0 Å². The molecule has 30 heavy (non-hydrogen) atoms. The van der Waals surface area contributed by atoms with Crippen LogP contribution in [0.15, 0.2) is 72.8 Å². The third kappa shape index (κ3) is 4.20. The number of hydrogen-bond donors (Lipinski definition) is 3. The maximum Gasteiger partial charge on any atom is 0.315 e. The highest BCUT2D eigenvalue weighted by molar-refractivity contribution is 6.30. The van der Waals surface area contributed by atoms with Gasteiger partial charge in [-0.15, -0.1) is 0 Å². The SMILES string of the molecule is O=C1NCC(c2ccc(Oc3ccc(Cl)cc3)cc2)(c2cccc(OCCO)c2)N1. The lowest BCUT2D eigenvalue weighted by Crippen LogP contribution is -2.41. The highest BCUT2D eigenvalue weighted by atomic mass is 35.5. The lowest BCUT2D eigenvalue weighted by atomic mass is 9.83. The average molecular weight is 425 g/mol. The second kappa shape index (κ2) is 8.65.